The second kappa shape index (κ2) is 7.94. The normalized spacial score (nSPS) is 14.2. The number of pyridine rings is 1. The van der Waals surface area contributed by atoms with Crippen LogP contribution in [0.15, 0.2) is 23.7 Å². The van der Waals surface area contributed by atoms with Crippen molar-refractivity contribution < 1.29 is 4.79 Å². The number of carbonyl (C=O) groups is 1. The molecular weight excluding hydrogens is 336 g/mol. The molecule has 0 atom stereocenters. The highest BCUT2D eigenvalue weighted by atomic mass is 32.1. The number of nitrogens with one attached hydrogen (secondary N) is 1. The summed E-state index contributed by atoms with van der Waals surface area (Å²) in [4.78, 5) is 24.8. The molecule has 3 rings (SSSR count). The summed E-state index contributed by atoms with van der Waals surface area (Å²) in [5.74, 6) is 0.698. The number of hydrogen-bond acceptors (Lipinski definition) is 6. The van der Waals surface area contributed by atoms with Gasteiger partial charge in [-0.3, -0.25) is 0 Å². The number of anilines is 1. The van der Waals surface area contributed by atoms with Crippen molar-refractivity contribution in [1.29, 1.82) is 5.26 Å². The number of rotatable bonds is 4. The molecule has 3 heterocycles. The third kappa shape index (κ3) is 4.25. The Balaban J connectivity index is 1.47. The van der Waals surface area contributed by atoms with E-state index in [1.165, 1.54) is 0 Å². The molecule has 1 aliphatic heterocycles. The van der Waals surface area contributed by atoms with Gasteiger partial charge in [0.1, 0.15) is 11.9 Å². The Kier molecular flexibility index (Phi) is 5.46. The Hall–Kier alpha value is -2.66. The van der Waals surface area contributed by atoms with Crippen LogP contribution in [0.5, 0.6) is 0 Å². The molecule has 0 unspecified atom stereocenters. The number of nitriles is 1. The summed E-state index contributed by atoms with van der Waals surface area (Å²) >= 11 is 1.62. The van der Waals surface area contributed by atoms with Gasteiger partial charge in [-0.1, -0.05) is 0 Å². The zero-order chi connectivity index (χ0) is 17.6. The quantitative estimate of drug-likeness (QED) is 0.903. The summed E-state index contributed by atoms with van der Waals surface area (Å²) in [5.41, 5.74) is 1.59. The van der Waals surface area contributed by atoms with Gasteiger partial charge in [-0.25, -0.2) is 14.8 Å². The topological polar surface area (TPSA) is 85.2 Å². The van der Waals surface area contributed by atoms with Crippen molar-refractivity contribution in [3.8, 4) is 6.07 Å². The summed E-state index contributed by atoms with van der Waals surface area (Å²) in [7, 11) is 0. The minimum Gasteiger partial charge on any atom is -0.352 e. The van der Waals surface area contributed by atoms with E-state index in [2.05, 4.69) is 26.3 Å². The van der Waals surface area contributed by atoms with Crippen molar-refractivity contribution in [2.24, 2.45) is 0 Å². The number of aryl methyl sites for hydroxylation is 1. The van der Waals surface area contributed by atoms with Crippen LogP contribution in [0.1, 0.15) is 16.3 Å². The predicted molar refractivity (Wildman–Crippen MR) is 96.7 cm³/mol. The number of amides is 2. The second-order valence-electron chi connectivity index (χ2n) is 5.80. The van der Waals surface area contributed by atoms with Crippen LogP contribution in [0.25, 0.3) is 0 Å². The zero-order valence-electron chi connectivity index (χ0n) is 14.1. The molecule has 0 aliphatic carbocycles. The molecule has 25 heavy (non-hydrogen) atoms. The molecule has 1 aliphatic rings. The molecule has 2 aromatic heterocycles. The SMILES string of the molecule is Cc1nc(CCNC(=O)N2CCN(c3ncccc3C#N)CC2)cs1. The average Bonchev–Trinajstić information content (AvgIpc) is 3.07. The molecule has 0 bridgehead atoms. The lowest BCUT2D eigenvalue weighted by Gasteiger charge is -2.35. The fourth-order valence-electron chi connectivity index (χ4n) is 2.79. The zero-order valence-corrected chi connectivity index (χ0v) is 14.9. The lowest BCUT2D eigenvalue weighted by molar-refractivity contribution is 0.194. The first-order valence-electron chi connectivity index (χ1n) is 8.21. The third-order valence-corrected chi connectivity index (χ3v) is 4.92. The van der Waals surface area contributed by atoms with Gasteiger partial charge in [0.05, 0.1) is 16.3 Å². The second-order valence-corrected chi connectivity index (χ2v) is 6.86. The molecule has 0 radical (unpaired) electrons. The van der Waals surface area contributed by atoms with Crippen molar-refractivity contribution in [3.63, 3.8) is 0 Å². The van der Waals surface area contributed by atoms with E-state index in [1.54, 1.807) is 34.6 Å². The van der Waals surface area contributed by atoms with Crippen LogP contribution in [0.3, 0.4) is 0 Å². The summed E-state index contributed by atoms with van der Waals surface area (Å²) < 4.78 is 0. The molecule has 7 nitrogen and oxygen atoms in total. The van der Waals surface area contributed by atoms with E-state index in [0.717, 1.165) is 17.1 Å². The van der Waals surface area contributed by atoms with E-state index in [4.69, 9.17) is 0 Å². The first kappa shape index (κ1) is 17.2. The number of nitrogens with zero attached hydrogens (tertiary/aromatic N) is 5. The number of hydrogen-bond donors (Lipinski definition) is 1. The molecule has 1 fully saturated rings. The van der Waals surface area contributed by atoms with Crippen molar-refractivity contribution in [2.45, 2.75) is 13.3 Å². The van der Waals surface area contributed by atoms with Crippen LogP contribution in [0.4, 0.5) is 10.6 Å². The summed E-state index contributed by atoms with van der Waals surface area (Å²) in [6.45, 7) is 5.13. The molecule has 0 aromatic carbocycles. The van der Waals surface area contributed by atoms with Gasteiger partial charge in [0.2, 0.25) is 0 Å². The Morgan fingerprint density at radius 2 is 2.20 bits per heavy atom. The maximum Gasteiger partial charge on any atom is 0.317 e. The first-order chi connectivity index (χ1) is 12.2. The Morgan fingerprint density at radius 1 is 1.40 bits per heavy atom. The van der Waals surface area contributed by atoms with Gasteiger partial charge in [0.15, 0.2) is 0 Å². The maximum absolute atomic E-state index is 12.3. The van der Waals surface area contributed by atoms with Gasteiger partial charge in [-0.15, -0.1) is 11.3 Å². The highest BCUT2D eigenvalue weighted by molar-refractivity contribution is 7.09. The van der Waals surface area contributed by atoms with Crippen LogP contribution in [-0.4, -0.2) is 53.6 Å². The van der Waals surface area contributed by atoms with Gasteiger partial charge in [-0.05, 0) is 19.1 Å². The fourth-order valence-corrected chi connectivity index (χ4v) is 3.44. The number of carbonyl (C=O) groups excluding carboxylic acids is 1. The van der Waals surface area contributed by atoms with Gasteiger partial charge in [-0.2, -0.15) is 5.26 Å². The predicted octanol–water partition coefficient (Wildman–Crippen LogP) is 1.79. The monoisotopic (exact) mass is 356 g/mol. The largest absolute Gasteiger partial charge is 0.352 e. The first-order valence-corrected chi connectivity index (χ1v) is 9.09. The molecule has 1 N–H and O–H groups in total. The van der Waals surface area contributed by atoms with Crippen LogP contribution in [-0.2, 0) is 6.42 Å². The van der Waals surface area contributed by atoms with Crippen LogP contribution in [0, 0.1) is 18.3 Å². The molecular formula is C17H20N6OS. The van der Waals surface area contributed by atoms with Crippen LogP contribution in [0.2, 0.25) is 0 Å². The average molecular weight is 356 g/mol. The molecule has 130 valence electrons. The lowest BCUT2D eigenvalue weighted by Crippen LogP contribution is -2.52. The molecule has 2 aromatic rings. The van der Waals surface area contributed by atoms with Gasteiger partial charge in [0, 0.05) is 50.7 Å². The smallest absolute Gasteiger partial charge is 0.317 e. The highest BCUT2D eigenvalue weighted by Crippen LogP contribution is 2.18. The molecule has 2 amide bonds. The van der Waals surface area contributed by atoms with Crippen LogP contribution < -0.4 is 10.2 Å². The maximum atomic E-state index is 12.3. The van der Waals surface area contributed by atoms with Crippen molar-refractivity contribution >= 4 is 23.2 Å². The molecule has 8 heteroatoms. The van der Waals surface area contributed by atoms with Crippen molar-refractivity contribution in [1.82, 2.24) is 20.2 Å². The molecule has 1 saturated heterocycles. The van der Waals surface area contributed by atoms with Crippen molar-refractivity contribution in [3.05, 3.63) is 40.0 Å². The Bertz CT molecular complexity index is 775. The van der Waals surface area contributed by atoms with E-state index in [1.807, 2.05) is 12.3 Å². The van der Waals surface area contributed by atoms with Gasteiger partial charge in [0.25, 0.3) is 0 Å². The van der Waals surface area contributed by atoms with E-state index in [-0.39, 0.29) is 6.03 Å². The minimum atomic E-state index is -0.0480. The number of aromatic nitrogens is 2. The van der Waals surface area contributed by atoms with E-state index in [9.17, 15) is 10.1 Å². The van der Waals surface area contributed by atoms with E-state index in [0.29, 0.717) is 44.1 Å². The van der Waals surface area contributed by atoms with Crippen LogP contribution >= 0.6 is 11.3 Å². The summed E-state index contributed by atoms with van der Waals surface area (Å²) in [6.07, 6.45) is 2.44. The Morgan fingerprint density at radius 3 is 2.88 bits per heavy atom. The van der Waals surface area contributed by atoms with Gasteiger partial charge >= 0.3 is 6.03 Å². The summed E-state index contributed by atoms with van der Waals surface area (Å²) in [6, 6.07) is 5.65. The Labute approximate surface area is 150 Å². The highest BCUT2D eigenvalue weighted by Gasteiger charge is 2.23. The summed E-state index contributed by atoms with van der Waals surface area (Å²) in [5, 5.41) is 15.2. The minimum absolute atomic E-state index is 0.0480. The third-order valence-electron chi connectivity index (χ3n) is 4.10. The van der Waals surface area contributed by atoms with E-state index < -0.39 is 0 Å². The molecule has 0 saturated carbocycles. The van der Waals surface area contributed by atoms with Gasteiger partial charge < -0.3 is 15.1 Å². The fraction of sp³-hybridized carbons (Fsp3) is 0.412. The lowest BCUT2D eigenvalue weighted by atomic mass is 10.2. The van der Waals surface area contributed by atoms with Crippen molar-refractivity contribution in [2.75, 3.05) is 37.6 Å². The standard InChI is InChI=1S/C17H20N6OS/c1-13-21-15(12-25-13)4-6-20-17(24)23-9-7-22(8-10-23)16-14(11-18)3-2-5-19-16/h2-3,5,12H,4,6-10H2,1H3,(H,20,24). The number of piperazine rings is 1. The number of urea groups is 1. The number of thiazole rings is 1. The molecule has 0 spiro atoms. The van der Waals surface area contributed by atoms with E-state index >= 15 is 0 Å².